The van der Waals surface area contributed by atoms with Crippen LogP contribution >= 0.6 is 11.8 Å². The summed E-state index contributed by atoms with van der Waals surface area (Å²) in [4.78, 5) is 14.4. The molecular weight excluding hydrogens is 222 g/mol. The van der Waals surface area contributed by atoms with Crippen molar-refractivity contribution < 1.29 is 4.79 Å². The summed E-state index contributed by atoms with van der Waals surface area (Å²) in [5.74, 6) is 2.04. The number of rotatable bonds is 3. The minimum absolute atomic E-state index is 0.0416. The minimum Gasteiger partial charge on any atom is -0.351 e. The monoisotopic (exact) mass is 241 g/mol. The number of likely N-dealkylation sites (tertiary alicyclic amines) is 1. The zero-order valence-corrected chi connectivity index (χ0v) is 10.3. The Bertz CT molecular complexity index is 276. The second kappa shape index (κ2) is 4.55. The van der Waals surface area contributed by atoms with Crippen LogP contribution in [0.3, 0.4) is 0 Å². The van der Waals surface area contributed by atoms with E-state index in [2.05, 4.69) is 15.5 Å². The molecule has 16 heavy (non-hydrogen) atoms. The highest BCUT2D eigenvalue weighted by molar-refractivity contribution is 7.99. The van der Waals surface area contributed by atoms with Crippen molar-refractivity contribution >= 4 is 17.7 Å². The number of hydrogen-bond donors (Lipinski definition) is 2. The fourth-order valence-electron chi connectivity index (χ4n) is 2.54. The number of carbonyl (C=O) groups excluding carboxylic acids is 1. The molecule has 2 saturated heterocycles. The van der Waals surface area contributed by atoms with Gasteiger partial charge in [-0.15, -0.1) is 11.8 Å². The second-order valence-electron chi connectivity index (χ2n) is 4.99. The number of amides is 1. The molecule has 90 valence electrons. The Hall–Kier alpha value is -0.260. The molecular formula is C11H19N3OS. The molecule has 2 atom stereocenters. The van der Waals surface area contributed by atoms with Gasteiger partial charge in [-0.25, -0.2) is 0 Å². The Morgan fingerprint density at radius 1 is 1.38 bits per heavy atom. The Morgan fingerprint density at radius 3 is 2.94 bits per heavy atom. The van der Waals surface area contributed by atoms with E-state index in [4.69, 9.17) is 0 Å². The van der Waals surface area contributed by atoms with E-state index < -0.39 is 0 Å². The Balaban J connectivity index is 1.45. The maximum atomic E-state index is 11.9. The van der Waals surface area contributed by atoms with Gasteiger partial charge in [-0.2, -0.15) is 0 Å². The summed E-state index contributed by atoms with van der Waals surface area (Å²) in [6, 6.07) is 1.27. The van der Waals surface area contributed by atoms with Gasteiger partial charge in [0.2, 0.25) is 5.91 Å². The van der Waals surface area contributed by atoms with Crippen LogP contribution in [0.4, 0.5) is 0 Å². The average Bonchev–Trinajstić information content (AvgIpc) is 2.82. The van der Waals surface area contributed by atoms with Crippen LogP contribution in [-0.2, 0) is 4.79 Å². The van der Waals surface area contributed by atoms with Gasteiger partial charge in [-0.1, -0.05) is 0 Å². The molecule has 3 aliphatic rings. The third kappa shape index (κ3) is 2.36. The van der Waals surface area contributed by atoms with E-state index in [9.17, 15) is 4.79 Å². The SMILES string of the molecule is O=C(NC1CCN(C2CC2)C1)C1CSCN1. The molecule has 1 saturated carbocycles. The molecule has 3 fully saturated rings. The van der Waals surface area contributed by atoms with Crippen LogP contribution in [-0.4, -0.2) is 53.7 Å². The van der Waals surface area contributed by atoms with Gasteiger partial charge in [0.25, 0.3) is 0 Å². The van der Waals surface area contributed by atoms with Crippen molar-refractivity contribution in [3.05, 3.63) is 0 Å². The number of nitrogens with one attached hydrogen (secondary N) is 2. The third-order valence-electron chi connectivity index (χ3n) is 3.66. The van der Waals surface area contributed by atoms with Crippen LogP contribution in [0.25, 0.3) is 0 Å². The molecule has 2 N–H and O–H groups in total. The first-order valence-corrected chi connectivity index (χ1v) is 7.34. The van der Waals surface area contributed by atoms with Crippen molar-refractivity contribution in [1.82, 2.24) is 15.5 Å². The molecule has 0 aromatic carbocycles. The quantitative estimate of drug-likeness (QED) is 0.730. The summed E-state index contributed by atoms with van der Waals surface area (Å²) in [6.07, 6.45) is 3.85. The standard InChI is InChI=1S/C11H19N3OS/c15-11(10-6-16-7-12-10)13-8-3-4-14(5-8)9-1-2-9/h8-10,12H,1-7H2,(H,13,15). The van der Waals surface area contributed by atoms with Crippen LogP contribution in [0.15, 0.2) is 0 Å². The van der Waals surface area contributed by atoms with Gasteiger partial charge in [0.1, 0.15) is 0 Å². The molecule has 2 heterocycles. The largest absolute Gasteiger partial charge is 0.351 e. The van der Waals surface area contributed by atoms with Crippen molar-refractivity contribution in [1.29, 1.82) is 0 Å². The molecule has 0 spiro atoms. The number of hydrogen-bond acceptors (Lipinski definition) is 4. The fourth-order valence-corrected chi connectivity index (χ4v) is 3.48. The second-order valence-corrected chi connectivity index (χ2v) is 6.02. The summed E-state index contributed by atoms with van der Waals surface area (Å²) in [5, 5.41) is 6.39. The highest BCUT2D eigenvalue weighted by Crippen LogP contribution is 2.29. The average molecular weight is 241 g/mol. The van der Waals surface area contributed by atoms with E-state index in [0.29, 0.717) is 6.04 Å². The van der Waals surface area contributed by atoms with Crippen molar-refractivity contribution in [2.24, 2.45) is 0 Å². The first-order valence-electron chi connectivity index (χ1n) is 6.18. The van der Waals surface area contributed by atoms with Gasteiger partial charge < -0.3 is 5.32 Å². The summed E-state index contributed by atoms with van der Waals surface area (Å²) >= 11 is 1.80. The normalized spacial score (nSPS) is 35.5. The maximum Gasteiger partial charge on any atom is 0.238 e. The van der Waals surface area contributed by atoms with Gasteiger partial charge in [-0.3, -0.25) is 15.0 Å². The van der Waals surface area contributed by atoms with E-state index >= 15 is 0 Å². The van der Waals surface area contributed by atoms with Crippen molar-refractivity contribution in [3.63, 3.8) is 0 Å². The Morgan fingerprint density at radius 2 is 2.25 bits per heavy atom. The van der Waals surface area contributed by atoms with Crippen molar-refractivity contribution in [2.45, 2.75) is 37.4 Å². The molecule has 2 aliphatic heterocycles. The topological polar surface area (TPSA) is 44.4 Å². The summed E-state index contributed by atoms with van der Waals surface area (Å²) in [6.45, 7) is 2.23. The molecule has 1 amide bonds. The summed E-state index contributed by atoms with van der Waals surface area (Å²) in [5.41, 5.74) is 0. The molecule has 2 unspecified atom stereocenters. The van der Waals surface area contributed by atoms with Crippen LogP contribution in [0.2, 0.25) is 0 Å². The van der Waals surface area contributed by atoms with Gasteiger partial charge >= 0.3 is 0 Å². The summed E-state index contributed by atoms with van der Waals surface area (Å²) in [7, 11) is 0. The summed E-state index contributed by atoms with van der Waals surface area (Å²) < 4.78 is 0. The number of nitrogens with zero attached hydrogens (tertiary/aromatic N) is 1. The van der Waals surface area contributed by atoms with Gasteiger partial charge in [0, 0.05) is 36.8 Å². The van der Waals surface area contributed by atoms with E-state index in [1.165, 1.54) is 19.4 Å². The number of carbonyl (C=O) groups is 1. The Labute approximate surface area is 101 Å². The van der Waals surface area contributed by atoms with Gasteiger partial charge in [0.15, 0.2) is 0 Å². The molecule has 0 aromatic heterocycles. The van der Waals surface area contributed by atoms with Gasteiger partial charge in [-0.05, 0) is 19.3 Å². The highest BCUT2D eigenvalue weighted by Gasteiger charge is 2.35. The maximum absolute atomic E-state index is 11.9. The van der Waals surface area contributed by atoms with Gasteiger partial charge in [0.05, 0.1) is 6.04 Å². The van der Waals surface area contributed by atoms with Crippen molar-refractivity contribution in [3.8, 4) is 0 Å². The minimum atomic E-state index is 0.0416. The number of thioether (sulfide) groups is 1. The van der Waals surface area contributed by atoms with E-state index in [0.717, 1.165) is 30.6 Å². The predicted octanol–water partition coefficient (Wildman–Crippen LogP) is 0.00180. The lowest BCUT2D eigenvalue weighted by atomic mass is 10.2. The lowest BCUT2D eigenvalue weighted by Gasteiger charge is -2.17. The first kappa shape index (κ1) is 10.9. The Kier molecular flexibility index (Phi) is 3.09. The van der Waals surface area contributed by atoms with Crippen LogP contribution < -0.4 is 10.6 Å². The third-order valence-corrected chi connectivity index (χ3v) is 4.60. The lowest BCUT2D eigenvalue weighted by molar-refractivity contribution is -0.123. The highest BCUT2D eigenvalue weighted by atomic mass is 32.2. The molecule has 5 heteroatoms. The molecule has 1 aliphatic carbocycles. The molecule has 3 rings (SSSR count). The lowest BCUT2D eigenvalue weighted by Crippen LogP contribution is -2.47. The van der Waals surface area contributed by atoms with E-state index in [1.807, 2.05) is 0 Å². The molecule has 0 aromatic rings. The van der Waals surface area contributed by atoms with Crippen molar-refractivity contribution in [2.75, 3.05) is 24.7 Å². The first-order chi connectivity index (χ1) is 7.83. The van der Waals surface area contributed by atoms with E-state index in [1.54, 1.807) is 11.8 Å². The zero-order valence-electron chi connectivity index (χ0n) is 9.45. The molecule has 0 radical (unpaired) electrons. The fraction of sp³-hybridized carbons (Fsp3) is 0.909. The molecule has 0 bridgehead atoms. The van der Waals surface area contributed by atoms with E-state index in [-0.39, 0.29) is 11.9 Å². The van der Waals surface area contributed by atoms with Crippen LogP contribution in [0, 0.1) is 0 Å². The predicted molar refractivity (Wildman–Crippen MR) is 65.4 cm³/mol. The smallest absolute Gasteiger partial charge is 0.238 e. The molecule has 4 nitrogen and oxygen atoms in total. The zero-order chi connectivity index (χ0) is 11.0. The van der Waals surface area contributed by atoms with Crippen LogP contribution in [0.1, 0.15) is 19.3 Å². The van der Waals surface area contributed by atoms with Crippen LogP contribution in [0.5, 0.6) is 0 Å².